The minimum absolute atomic E-state index is 0. The number of hydrogen-bond donors (Lipinski definition) is 0. The molecule has 0 nitrogen and oxygen atoms in total. The molecule has 0 fully saturated rings. The van der Waals surface area contributed by atoms with E-state index in [4.69, 9.17) is 0 Å². The Morgan fingerprint density at radius 1 is 1.20 bits per heavy atom. The molecule has 0 atom stereocenters. The summed E-state index contributed by atoms with van der Waals surface area (Å²) in [5.41, 5.74) is 0. The van der Waals surface area contributed by atoms with E-state index in [9.17, 15) is 0 Å². The van der Waals surface area contributed by atoms with Crippen LogP contribution in [0.5, 0.6) is 0 Å². The van der Waals surface area contributed by atoms with Crippen LogP contribution >= 0.6 is 0 Å². The molecule has 0 aromatic heterocycles. The summed E-state index contributed by atoms with van der Waals surface area (Å²) < 4.78 is 0. The van der Waals surface area contributed by atoms with Crippen LogP contribution in [0.3, 0.4) is 0 Å². The van der Waals surface area contributed by atoms with E-state index in [1.807, 2.05) is 0 Å². The molecule has 0 aliphatic carbocycles. The van der Waals surface area contributed by atoms with Gasteiger partial charge in [-0.1, -0.05) is 0 Å². The van der Waals surface area contributed by atoms with Crippen molar-refractivity contribution in [2.24, 2.45) is 0 Å². The van der Waals surface area contributed by atoms with Crippen LogP contribution in [0.15, 0.2) is 0 Å². The Labute approximate surface area is 136 Å². The van der Waals surface area contributed by atoms with E-state index in [1.165, 1.54) is 0 Å². The second-order valence-electron chi connectivity index (χ2n) is 0. The zero-order valence-corrected chi connectivity index (χ0v) is 16.6. The van der Waals surface area contributed by atoms with E-state index in [1.54, 1.807) is 0 Å². The average Bonchev–Trinajstić information content (AvgIpc) is 0. The van der Waals surface area contributed by atoms with Crippen molar-refractivity contribution in [3.63, 3.8) is 0 Å². The summed E-state index contributed by atoms with van der Waals surface area (Å²) in [6.45, 7) is 0. The van der Waals surface area contributed by atoms with Crippen molar-refractivity contribution < 1.29 is 91.0 Å². The Morgan fingerprint density at radius 3 is 1.20 bits per heavy atom. The zero-order valence-electron chi connectivity index (χ0n) is 5.06. The molecule has 0 saturated heterocycles. The molecular weight excluding hydrogens is 594 g/mol. The van der Waals surface area contributed by atoms with Gasteiger partial charge in [-0.05, 0) is 11.0 Å². The SMILES string of the molecule is [Ca+2].[Fe].[H-].[H-].[SiH3].[Th].[U]. The summed E-state index contributed by atoms with van der Waals surface area (Å²) in [5.74, 6) is 0. The summed E-state index contributed by atoms with van der Waals surface area (Å²) in [4.78, 5) is 0. The minimum Gasteiger partial charge on any atom is -1.00 e. The van der Waals surface area contributed by atoms with Crippen molar-refractivity contribution in [1.29, 1.82) is 0 Å². The number of hydrogen-bond acceptors (Lipinski definition) is 0. The monoisotopic (exact) mass is 599 g/mol. The second kappa shape index (κ2) is 23.8. The van der Waals surface area contributed by atoms with Crippen molar-refractivity contribution in [3.05, 3.63) is 0 Å². The molecule has 0 N–H and O–H groups in total. The Bertz CT molecular complexity index is 17.7. The zero-order chi connectivity index (χ0) is 0. The second-order valence-corrected chi connectivity index (χ2v) is 0. The summed E-state index contributed by atoms with van der Waals surface area (Å²) in [6, 6.07) is 0. The first-order valence-electron chi connectivity index (χ1n) is 0. The summed E-state index contributed by atoms with van der Waals surface area (Å²) in [5, 5.41) is 0. The maximum absolute atomic E-state index is 0. The van der Waals surface area contributed by atoms with Crippen LogP contribution in [-0.4, -0.2) is 48.7 Å². The van der Waals surface area contributed by atoms with Crippen molar-refractivity contribution in [2.75, 3.05) is 0 Å². The van der Waals surface area contributed by atoms with Crippen molar-refractivity contribution in [2.45, 2.75) is 0 Å². The van der Waals surface area contributed by atoms with Gasteiger partial charge >= 0.3 is 37.7 Å². The van der Waals surface area contributed by atoms with Crippen LogP contribution in [0.4, 0.5) is 0 Å². The fraction of sp³-hybridized carbons (Fsp3) is 0. The molecule has 0 unspecified atom stereocenters. The molecule has 0 amide bonds. The molecule has 5 heteroatoms. The smallest absolute Gasteiger partial charge is 1.00 e. The fourth-order valence-corrected chi connectivity index (χ4v) is 0. The molecule has 1 radical (unpaired) electrons. The minimum atomic E-state index is 0. The standard InChI is InChI=1S/Ca.Fe.H3Si.Th.U.2H/h;;1H3;;;;/q+2;;;;;2*-1. The molecule has 0 spiro atoms. The average molecular weight is 599 g/mol. The predicted molar refractivity (Wildman–Crippen MR) is 17.9 cm³/mol. The van der Waals surface area contributed by atoms with E-state index >= 15 is 0 Å². The van der Waals surface area contributed by atoms with E-state index in [0.717, 1.165) is 0 Å². The van der Waals surface area contributed by atoms with Crippen LogP contribution in [0, 0.1) is 71.1 Å². The van der Waals surface area contributed by atoms with Gasteiger partial charge in [0.05, 0.1) is 0 Å². The van der Waals surface area contributed by atoms with Gasteiger partial charge in [-0.3, -0.25) is 0 Å². The van der Waals surface area contributed by atoms with E-state index in [-0.39, 0.29) is 140 Å². The van der Waals surface area contributed by atoms with Crippen molar-refractivity contribution in [1.82, 2.24) is 0 Å². The molecule has 0 saturated carbocycles. The third-order valence-electron chi connectivity index (χ3n) is 0. The van der Waals surface area contributed by atoms with Gasteiger partial charge in [-0.2, -0.15) is 0 Å². The largest absolute Gasteiger partial charge is 2.00 e. The molecule has 0 aliphatic rings. The van der Waals surface area contributed by atoms with Gasteiger partial charge in [0.1, 0.15) is 0 Å². The van der Waals surface area contributed by atoms with Gasteiger partial charge in [-0.25, -0.2) is 0 Å². The topological polar surface area (TPSA) is 0 Å². The maximum atomic E-state index is 0. The number of rotatable bonds is 0. The fourth-order valence-electron chi connectivity index (χ4n) is 0. The van der Waals surface area contributed by atoms with E-state index in [2.05, 4.69) is 0 Å². The Hall–Kier alpha value is 4.37. The van der Waals surface area contributed by atoms with Gasteiger partial charge in [0.15, 0.2) is 0 Å². The Kier molecular flexibility index (Phi) is 164. The molecule has 0 aromatic rings. The van der Waals surface area contributed by atoms with E-state index < -0.39 is 0 Å². The van der Waals surface area contributed by atoms with Gasteiger partial charge in [-0.15, -0.1) is 0 Å². The molecule has 0 aliphatic heterocycles. The predicted octanol–water partition coefficient (Wildman–Crippen LogP) is -1.34. The van der Waals surface area contributed by atoms with Crippen molar-refractivity contribution >= 4 is 48.7 Å². The van der Waals surface area contributed by atoms with Gasteiger partial charge in [0, 0.05) is 88.1 Å². The summed E-state index contributed by atoms with van der Waals surface area (Å²) >= 11 is 0. The molecule has 0 aromatic carbocycles. The molecular formula is H5CaFeSiThU. The maximum Gasteiger partial charge on any atom is 2.00 e. The van der Waals surface area contributed by atoms with E-state index in [0.29, 0.717) is 0 Å². The molecule has 0 heterocycles. The summed E-state index contributed by atoms with van der Waals surface area (Å²) in [7, 11) is 0. The van der Waals surface area contributed by atoms with Crippen LogP contribution in [0.1, 0.15) is 2.85 Å². The quantitative estimate of drug-likeness (QED) is 0.303. The van der Waals surface area contributed by atoms with Crippen LogP contribution in [0.25, 0.3) is 0 Å². The van der Waals surface area contributed by atoms with Crippen LogP contribution in [-0.2, 0) is 17.1 Å². The van der Waals surface area contributed by atoms with Gasteiger partial charge in [0.25, 0.3) is 0 Å². The first-order chi connectivity index (χ1) is 0. The van der Waals surface area contributed by atoms with Gasteiger partial charge < -0.3 is 2.85 Å². The Morgan fingerprint density at radius 2 is 1.20 bits per heavy atom. The van der Waals surface area contributed by atoms with Crippen LogP contribution in [0.2, 0.25) is 0 Å². The first kappa shape index (κ1) is 34.4. The first-order valence-corrected chi connectivity index (χ1v) is 0. The third kappa shape index (κ3) is 17.8. The normalized spacial score (nSPS) is 0. The molecule has 5 heavy (non-hydrogen) atoms. The summed E-state index contributed by atoms with van der Waals surface area (Å²) in [6.07, 6.45) is 0. The molecule has 27 valence electrons. The van der Waals surface area contributed by atoms with Crippen LogP contribution < -0.4 is 0 Å². The Balaban J connectivity index is 0. The molecule has 0 rings (SSSR count). The van der Waals surface area contributed by atoms with Crippen molar-refractivity contribution in [3.8, 4) is 0 Å². The molecule has 0 bridgehead atoms. The van der Waals surface area contributed by atoms with Gasteiger partial charge in [0.2, 0.25) is 0 Å². The third-order valence-corrected chi connectivity index (χ3v) is 0.